The standard InChI is InChI=1S/C17H26N2O4S/c1-14-6-4-10-19(13-14)11-5-9-18-24(21,22)16-8-3-7-15(12-16)17(20)23-2/h3,7-8,12,14,18H,4-6,9-11,13H2,1-2H3/t14-/m0/s1. The Hall–Kier alpha value is -1.44. The summed E-state index contributed by atoms with van der Waals surface area (Å²) in [6.07, 6.45) is 3.26. The van der Waals surface area contributed by atoms with E-state index in [1.54, 1.807) is 0 Å². The Balaban J connectivity index is 1.86. The molecule has 1 aromatic rings. The number of methoxy groups -OCH3 is 1. The molecule has 1 N–H and O–H groups in total. The normalized spacial score (nSPS) is 19.2. The van der Waals surface area contributed by atoms with E-state index in [1.807, 2.05) is 0 Å². The fraction of sp³-hybridized carbons (Fsp3) is 0.588. The van der Waals surface area contributed by atoms with Crippen molar-refractivity contribution in [2.45, 2.75) is 31.1 Å². The lowest BCUT2D eigenvalue weighted by Crippen LogP contribution is -2.36. The highest BCUT2D eigenvalue weighted by atomic mass is 32.2. The van der Waals surface area contributed by atoms with Gasteiger partial charge in [-0.05, 0) is 56.5 Å². The Morgan fingerprint density at radius 2 is 2.21 bits per heavy atom. The molecule has 6 nitrogen and oxygen atoms in total. The molecule has 7 heteroatoms. The smallest absolute Gasteiger partial charge is 0.337 e. The molecule has 1 fully saturated rings. The number of carbonyl (C=O) groups excluding carboxylic acids is 1. The van der Waals surface area contributed by atoms with E-state index in [2.05, 4.69) is 21.3 Å². The fourth-order valence-electron chi connectivity index (χ4n) is 2.99. The van der Waals surface area contributed by atoms with Crippen LogP contribution < -0.4 is 4.72 Å². The number of esters is 1. The van der Waals surface area contributed by atoms with Crippen LogP contribution in [0.3, 0.4) is 0 Å². The molecule has 1 saturated heterocycles. The molecule has 0 aromatic heterocycles. The molecule has 0 saturated carbocycles. The van der Waals surface area contributed by atoms with Crippen LogP contribution in [0.25, 0.3) is 0 Å². The number of hydrogen-bond acceptors (Lipinski definition) is 5. The van der Waals surface area contributed by atoms with Gasteiger partial charge in [-0.3, -0.25) is 0 Å². The minimum absolute atomic E-state index is 0.0806. The number of carbonyl (C=O) groups is 1. The van der Waals surface area contributed by atoms with Crippen LogP contribution in [-0.2, 0) is 14.8 Å². The number of benzene rings is 1. The van der Waals surface area contributed by atoms with E-state index >= 15 is 0 Å². The SMILES string of the molecule is COC(=O)c1cccc(S(=O)(=O)NCCCN2CCC[C@H](C)C2)c1. The molecular formula is C17H26N2O4S. The Bertz CT molecular complexity index is 660. The van der Waals surface area contributed by atoms with Crippen molar-refractivity contribution in [2.75, 3.05) is 33.3 Å². The molecule has 1 atom stereocenters. The van der Waals surface area contributed by atoms with Gasteiger partial charge in [0, 0.05) is 13.1 Å². The Morgan fingerprint density at radius 1 is 1.42 bits per heavy atom. The highest BCUT2D eigenvalue weighted by Gasteiger charge is 2.18. The van der Waals surface area contributed by atoms with Crippen molar-refractivity contribution >= 4 is 16.0 Å². The number of hydrogen-bond donors (Lipinski definition) is 1. The van der Waals surface area contributed by atoms with Gasteiger partial charge in [0.2, 0.25) is 10.0 Å². The van der Waals surface area contributed by atoms with Crippen LogP contribution in [0, 0.1) is 5.92 Å². The summed E-state index contributed by atoms with van der Waals surface area (Å²) in [6.45, 7) is 5.72. The highest BCUT2D eigenvalue weighted by Crippen LogP contribution is 2.15. The first kappa shape index (κ1) is 18.9. The van der Waals surface area contributed by atoms with E-state index < -0.39 is 16.0 Å². The lowest BCUT2D eigenvalue weighted by atomic mass is 10.0. The lowest BCUT2D eigenvalue weighted by molar-refractivity contribution is 0.0600. The maximum Gasteiger partial charge on any atom is 0.337 e. The number of nitrogens with one attached hydrogen (secondary N) is 1. The summed E-state index contributed by atoms with van der Waals surface area (Å²) in [5.41, 5.74) is 0.225. The van der Waals surface area contributed by atoms with Gasteiger partial charge in [-0.15, -0.1) is 0 Å². The third-order valence-electron chi connectivity index (χ3n) is 4.25. The van der Waals surface area contributed by atoms with E-state index in [9.17, 15) is 13.2 Å². The second-order valence-corrected chi connectivity index (χ2v) is 8.09. The van der Waals surface area contributed by atoms with E-state index in [0.717, 1.165) is 32.0 Å². The van der Waals surface area contributed by atoms with E-state index in [-0.39, 0.29) is 10.5 Å². The van der Waals surface area contributed by atoms with Crippen molar-refractivity contribution in [3.63, 3.8) is 0 Å². The maximum absolute atomic E-state index is 12.3. The summed E-state index contributed by atoms with van der Waals surface area (Å²) >= 11 is 0. The fourth-order valence-corrected chi connectivity index (χ4v) is 4.11. The first-order valence-electron chi connectivity index (χ1n) is 8.33. The molecule has 134 valence electrons. The van der Waals surface area contributed by atoms with E-state index in [4.69, 9.17) is 0 Å². The van der Waals surface area contributed by atoms with Crippen LogP contribution in [0.1, 0.15) is 36.5 Å². The molecule has 1 aliphatic heterocycles. The number of likely N-dealkylation sites (tertiary alicyclic amines) is 1. The van der Waals surface area contributed by atoms with Crippen LogP contribution in [0.4, 0.5) is 0 Å². The molecular weight excluding hydrogens is 328 g/mol. The molecule has 0 spiro atoms. The van der Waals surface area contributed by atoms with Crippen molar-refractivity contribution in [3.05, 3.63) is 29.8 Å². The molecule has 0 unspecified atom stereocenters. The molecule has 0 bridgehead atoms. The van der Waals surface area contributed by atoms with Crippen molar-refractivity contribution < 1.29 is 17.9 Å². The predicted molar refractivity (Wildman–Crippen MR) is 92.4 cm³/mol. The molecule has 1 aliphatic rings. The van der Waals surface area contributed by atoms with E-state index in [1.165, 1.54) is 44.2 Å². The van der Waals surface area contributed by atoms with Gasteiger partial charge in [-0.1, -0.05) is 13.0 Å². The van der Waals surface area contributed by atoms with Gasteiger partial charge in [0.15, 0.2) is 0 Å². The highest BCUT2D eigenvalue weighted by molar-refractivity contribution is 7.89. The zero-order valence-corrected chi connectivity index (χ0v) is 15.1. The maximum atomic E-state index is 12.3. The first-order chi connectivity index (χ1) is 11.4. The average Bonchev–Trinajstić information content (AvgIpc) is 2.58. The van der Waals surface area contributed by atoms with Gasteiger partial charge in [-0.2, -0.15) is 0 Å². The van der Waals surface area contributed by atoms with Crippen LogP contribution in [0.2, 0.25) is 0 Å². The van der Waals surface area contributed by atoms with Crippen molar-refractivity contribution in [1.29, 1.82) is 0 Å². The zero-order valence-electron chi connectivity index (χ0n) is 14.3. The lowest BCUT2D eigenvalue weighted by Gasteiger charge is -2.30. The summed E-state index contributed by atoms with van der Waals surface area (Å²) in [4.78, 5) is 14.0. The van der Waals surface area contributed by atoms with Gasteiger partial charge in [0.05, 0.1) is 17.6 Å². The second-order valence-electron chi connectivity index (χ2n) is 6.32. The number of rotatable bonds is 7. The second kappa shape index (κ2) is 8.60. The van der Waals surface area contributed by atoms with Gasteiger partial charge in [-0.25, -0.2) is 17.9 Å². The minimum Gasteiger partial charge on any atom is -0.465 e. The van der Waals surface area contributed by atoms with Crippen molar-refractivity contribution in [2.24, 2.45) is 5.92 Å². The molecule has 24 heavy (non-hydrogen) atoms. The molecule has 0 aliphatic carbocycles. The van der Waals surface area contributed by atoms with Gasteiger partial charge < -0.3 is 9.64 Å². The Morgan fingerprint density at radius 3 is 2.92 bits per heavy atom. The number of piperidine rings is 1. The van der Waals surface area contributed by atoms with Crippen LogP contribution in [0.15, 0.2) is 29.2 Å². The molecule has 0 amide bonds. The summed E-state index contributed by atoms with van der Waals surface area (Å²) < 4.78 is 31.9. The predicted octanol–water partition coefficient (Wildman–Crippen LogP) is 1.87. The van der Waals surface area contributed by atoms with E-state index in [0.29, 0.717) is 6.54 Å². The minimum atomic E-state index is -3.61. The molecule has 2 rings (SSSR count). The summed E-state index contributed by atoms with van der Waals surface area (Å²) in [5.74, 6) is 0.169. The number of ether oxygens (including phenoxy) is 1. The Kier molecular flexibility index (Phi) is 6.77. The third-order valence-corrected chi connectivity index (χ3v) is 5.71. The summed E-state index contributed by atoms with van der Waals surface area (Å²) in [7, 11) is -2.35. The molecule has 0 radical (unpaired) electrons. The van der Waals surface area contributed by atoms with Crippen molar-refractivity contribution in [1.82, 2.24) is 9.62 Å². The van der Waals surface area contributed by atoms with Crippen LogP contribution in [0.5, 0.6) is 0 Å². The number of sulfonamides is 1. The van der Waals surface area contributed by atoms with Gasteiger partial charge in [0.25, 0.3) is 0 Å². The molecule has 1 heterocycles. The largest absolute Gasteiger partial charge is 0.465 e. The molecule has 1 aromatic carbocycles. The topological polar surface area (TPSA) is 75.7 Å². The van der Waals surface area contributed by atoms with Gasteiger partial charge in [0.1, 0.15) is 0 Å². The first-order valence-corrected chi connectivity index (χ1v) is 9.81. The third kappa shape index (κ3) is 5.29. The van der Waals surface area contributed by atoms with Crippen molar-refractivity contribution in [3.8, 4) is 0 Å². The van der Waals surface area contributed by atoms with Crippen LogP contribution >= 0.6 is 0 Å². The monoisotopic (exact) mass is 354 g/mol. The number of nitrogens with zero attached hydrogens (tertiary/aromatic N) is 1. The Labute approximate surface area is 144 Å². The summed E-state index contributed by atoms with van der Waals surface area (Å²) in [6, 6.07) is 5.87. The van der Waals surface area contributed by atoms with Crippen LogP contribution in [-0.4, -0.2) is 52.6 Å². The summed E-state index contributed by atoms with van der Waals surface area (Å²) in [5, 5.41) is 0. The average molecular weight is 354 g/mol. The quantitative estimate of drug-likeness (QED) is 0.598. The van der Waals surface area contributed by atoms with Gasteiger partial charge >= 0.3 is 5.97 Å². The zero-order chi connectivity index (χ0) is 17.6.